The van der Waals surface area contributed by atoms with Crippen molar-refractivity contribution in [1.82, 2.24) is 19.8 Å². The lowest BCUT2D eigenvalue weighted by atomic mass is 10.1. The van der Waals surface area contributed by atoms with Crippen molar-refractivity contribution >= 4 is 69.4 Å². The Kier molecular flexibility index (Phi) is 14.8. The number of nitrogens with zero attached hydrogens (tertiary/aromatic N) is 6. The summed E-state index contributed by atoms with van der Waals surface area (Å²) in [5, 5.41) is 4.67. The molecule has 0 atom stereocenters. The third-order valence-electron chi connectivity index (χ3n) is 11.7. The van der Waals surface area contributed by atoms with Gasteiger partial charge in [0.25, 0.3) is 0 Å². The Bertz CT molecular complexity index is 2380. The third-order valence-corrected chi connectivity index (χ3v) is 11.7. The fraction of sp³-hybridized carbons (Fsp3) is 0.308. The molecule has 2 fully saturated rings. The van der Waals surface area contributed by atoms with Crippen LogP contribution in [-0.2, 0) is 19.1 Å². The summed E-state index contributed by atoms with van der Waals surface area (Å²) in [6.07, 6.45) is 8.13. The molecule has 0 saturated carbocycles. The van der Waals surface area contributed by atoms with Crippen molar-refractivity contribution in [3.8, 4) is 11.5 Å². The van der Waals surface area contributed by atoms with Gasteiger partial charge in [0.15, 0.2) is 0 Å². The number of hydrogen-bond acceptors (Lipinski definition) is 12. The average molecular weight is 861 g/mol. The third kappa shape index (κ3) is 11.4. The van der Waals surface area contributed by atoms with Crippen molar-refractivity contribution in [2.75, 3.05) is 102 Å². The van der Waals surface area contributed by atoms with Gasteiger partial charge in [-0.3, -0.25) is 0 Å². The topological polar surface area (TPSA) is 110 Å². The van der Waals surface area contributed by atoms with E-state index in [0.717, 1.165) is 99.6 Å². The smallest absolute Gasteiger partial charge is 0.417 e. The zero-order valence-corrected chi connectivity index (χ0v) is 36.7. The molecule has 2 aliphatic rings. The molecule has 4 aromatic carbocycles. The maximum absolute atomic E-state index is 12.2. The van der Waals surface area contributed by atoms with Crippen LogP contribution >= 0.6 is 0 Å². The minimum atomic E-state index is -1.08. The Hall–Kier alpha value is -6.76. The van der Waals surface area contributed by atoms with Crippen LogP contribution in [0.5, 0.6) is 11.5 Å². The van der Waals surface area contributed by atoms with Gasteiger partial charge in [0.05, 0.1) is 11.4 Å². The van der Waals surface area contributed by atoms with Gasteiger partial charge in [0.2, 0.25) is 0 Å². The number of hydrogen-bond donors (Lipinski definition) is 0. The molecule has 0 N–H and O–H groups in total. The number of anilines is 2. The van der Waals surface area contributed by atoms with E-state index in [4.69, 9.17) is 28.9 Å². The summed E-state index contributed by atoms with van der Waals surface area (Å²) in [6, 6.07) is 36.3. The van der Waals surface area contributed by atoms with Gasteiger partial charge in [-0.05, 0) is 83.5 Å². The molecule has 330 valence electrons. The van der Waals surface area contributed by atoms with Gasteiger partial charge in [-0.15, -0.1) is 0 Å². The molecule has 64 heavy (non-hydrogen) atoms. The van der Waals surface area contributed by atoms with E-state index in [-0.39, 0.29) is 26.4 Å². The molecule has 0 amide bonds. The van der Waals surface area contributed by atoms with Crippen LogP contribution in [0.1, 0.15) is 36.4 Å². The van der Waals surface area contributed by atoms with Crippen LogP contribution in [0.15, 0.2) is 109 Å². The van der Waals surface area contributed by atoms with E-state index in [9.17, 15) is 9.59 Å². The van der Waals surface area contributed by atoms with Crippen LogP contribution in [0, 0.1) is 0 Å². The summed E-state index contributed by atoms with van der Waals surface area (Å²) >= 11 is 0. The van der Waals surface area contributed by atoms with Gasteiger partial charge in [-0.25, -0.2) is 19.6 Å². The number of pyridine rings is 2. The highest BCUT2D eigenvalue weighted by molar-refractivity contribution is 6.29. The fourth-order valence-electron chi connectivity index (χ4n) is 8.03. The van der Waals surface area contributed by atoms with Crippen LogP contribution in [0.4, 0.5) is 11.6 Å². The second-order valence-corrected chi connectivity index (χ2v) is 15.8. The number of carbonyl (C=O) groups excluding carboxylic acids is 2. The molecule has 12 nitrogen and oxygen atoms in total. The van der Waals surface area contributed by atoms with Crippen LogP contribution in [0.2, 0.25) is 0 Å². The molecule has 0 bridgehead atoms. The first-order chi connectivity index (χ1) is 31.4. The van der Waals surface area contributed by atoms with Crippen LogP contribution in [0.3, 0.4) is 0 Å². The number of carbonyl (C=O) groups is 2. The second-order valence-electron chi connectivity index (χ2n) is 15.8. The number of fused-ring (bicyclic) bond motifs is 2. The van der Waals surface area contributed by atoms with Crippen molar-refractivity contribution in [3.63, 3.8) is 0 Å². The Balaban J connectivity index is 0.737. The van der Waals surface area contributed by atoms with E-state index in [1.54, 1.807) is 0 Å². The lowest BCUT2D eigenvalue weighted by Gasteiger charge is -2.35. The van der Waals surface area contributed by atoms with Crippen LogP contribution in [-0.4, -0.2) is 124 Å². The summed E-state index contributed by atoms with van der Waals surface area (Å²) in [5.41, 5.74) is 3.78. The first-order valence-electron chi connectivity index (χ1n) is 22.3. The van der Waals surface area contributed by atoms with E-state index < -0.39 is 11.9 Å². The molecule has 0 radical (unpaired) electrons. The van der Waals surface area contributed by atoms with Gasteiger partial charge >= 0.3 is 11.9 Å². The summed E-state index contributed by atoms with van der Waals surface area (Å²) in [4.78, 5) is 44.3. The zero-order chi connectivity index (χ0) is 44.1. The molecular weight excluding hydrogens is 805 g/mol. The number of piperazine rings is 2. The number of likely N-dealkylation sites (N-methyl/N-ethyl adjacent to an activating group) is 2. The quantitative estimate of drug-likeness (QED) is 0.0536. The Morgan fingerprint density at radius 2 is 0.891 bits per heavy atom. The van der Waals surface area contributed by atoms with E-state index in [1.165, 1.54) is 21.5 Å². The predicted octanol–water partition coefficient (Wildman–Crippen LogP) is 7.95. The molecule has 0 aliphatic carbocycles. The zero-order valence-electron chi connectivity index (χ0n) is 36.7. The molecule has 2 aliphatic heterocycles. The maximum atomic E-state index is 12.2. The molecule has 4 heterocycles. The van der Waals surface area contributed by atoms with Crippen LogP contribution < -0.4 is 19.3 Å². The van der Waals surface area contributed by atoms with Crippen molar-refractivity contribution in [3.05, 3.63) is 132 Å². The van der Waals surface area contributed by atoms with E-state index in [2.05, 4.69) is 94.1 Å². The van der Waals surface area contributed by atoms with E-state index in [0.29, 0.717) is 11.5 Å². The van der Waals surface area contributed by atoms with Crippen molar-refractivity contribution in [2.45, 2.75) is 13.8 Å². The number of benzene rings is 4. The highest BCUT2D eigenvalue weighted by Gasteiger charge is 2.21. The SMILES string of the molecule is CCN1CCN(c2nc(C=Cc3ccc(OCCOC(=O)C(=O)OCCOc4ccc(C=Cc5cc6ccccc6c(N6CCN(CC)CC6)n5)cc4)cc3)cc3ccccc23)CC1. The first kappa shape index (κ1) is 43.9. The van der Waals surface area contributed by atoms with Crippen LogP contribution in [0.25, 0.3) is 45.8 Å². The van der Waals surface area contributed by atoms with Crippen molar-refractivity contribution < 1.29 is 28.5 Å². The molecule has 2 saturated heterocycles. The highest BCUT2D eigenvalue weighted by atomic mass is 16.6. The predicted molar refractivity (Wildman–Crippen MR) is 256 cm³/mol. The number of esters is 2. The number of aromatic nitrogens is 2. The summed E-state index contributed by atoms with van der Waals surface area (Å²) in [6.45, 7) is 14.5. The molecule has 2 aromatic heterocycles. The standard InChI is InChI=1S/C52H56N6O6/c1-3-55-25-29-57(30-26-55)49-47-11-7-5-9-41(47)37-43(53-49)19-13-39-15-21-45(22-16-39)61-33-35-63-51(59)52(60)64-36-34-62-46-23-17-40(18-24-46)14-20-44-38-42-10-6-8-12-48(42)50(54-44)58-31-27-56(4-2)28-32-58/h5-24,37-38H,3-4,25-36H2,1-2H3. The summed E-state index contributed by atoms with van der Waals surface area (Å²) < 4.78 is 21.6. The Morgan fingerprint density at radius 1 is 0.500 bits per heavy atom. The van der Waals surface area contributed by atoms with Gasteiger partial charge in [-0.2, -0.15) is 0 Å². The molecule has 0 spiro atoms. The summed E-state index contributed by atoms with van der Waals surface area (Å²) in [5.74, 6) is 1.12. The number of rotatable bonds is 16. The molecular formula is C52H56N6O6. The Morgan fingerprint density at radius 3 is 1.28 bits per heavy atom. The normalized spacial score (nSPS) is 15.0. The maximum Gasteiger partial charge on any atom is 0.417 e. The monoisotopic (exact) mass is 860 g/mol. The lowest BCUT2D eigenvalue weighted by Crippen LogP contribution is -2.46. The van der Waals surface area contributed by atoms with E-state index in [1.807, 2.05) is 72.8 Å². The summed E-state index contributed by atoms with van der Waals surface area (Å²) in [7, 11) is 0. The highest BCUT2D eigenvalue weighted by Crippen LogP contribution is 2.29. The van der Waals surface area contributed by atoms with Crippen molar-refractivity contribution in [1.29, 1.82) is 0 Å². The largest absolute Gasteiger partial charge is 0.490 e. The van der Waals surface area contributed by atoms with Gasteiger partial charge < -0.3 is 38.5 Å². The molecule has 6 aromatic rings. The van der Waals surface area contributed by atoms with Gasteiger partial charge in [0, 0.05) is 63.1 Å². The fourth-order valence-corrected chi connectivity index (χ4v) is 8.03. The minimum absolute atomic E-state index is 0.0787. The van der Waals surface area contributed by atoms with E-state index >= 15 is 0 Å². The molecule has 0 unspecified atom stereocenters. The average Bonchev–Trinajstić information content (AvgIpc) is 3.35. The minimum Gasteiger partial charge on any atom is -0.490 e. The number of ether oxygens (including phenoxy) is 4. The van der Waals surface area contributed by atoms with Crippen molar-refractivity contribution in [2.24, 2.45) is 0 Å². The van der Waals surface area contributed by atoms with Gasteiger partial charge in [-0.1, -0.05) is 98.8 Å². The Labute approximate surface area is 375 Å². The molecule has 8 rings (SSSR count). The molecule has 12 heteroatoms. The second kappa shape index (κ2) is 21.5. The lowest BCUT2D eigenvalue weighted by molar-refractivity contribution is -0.168. The first-order valence-corrected chi connectivity index (χ1v) is 22.3. The van der Waals surface area contributed by atoms with Gasteiger partial charge in [0.1, 0.15) is 49.6 Å².